The first-order valence-electron chi connectivity index (χ1n) is 8.63. The van der Waals surface area contributed by atoms with Gasteiger partial charge in [0.25, 0.3) is 0 Å². The molecule has 128 valence electrons. The molecule has 0 saturated carbocycles. The third kappa shape index (κ3) is 3.72. The van der Waals surface area contributed by atoms with E-state index in [1.165, 1.54) is 32.2 Å². The highest BCUT2D eigenvalue weighted by Crippen LogP contribution is 2.30. The Kier molecular flexibility index (Phi) is 4.70. The van der Waals surface area contributed by atoms with Crippen LogP contribution in [-0.2, 0) is 9.84 Å². The number of likely N-dealkylation sites (tertiary alicyclic amines) is 1. The first-order valence-corrected chi connectivity index (χ1v) is 10.5. The summed E-state index contributed by atoms with van der Waals surface area (Å²) < 4.78 is 23.4. The minimum atomic E-state index is -3.13. The fourth-order valence-electron chi connectivity index (χ4n) is 3.76. The van der Waals surface area contributed by atoms with Gasteiger partial charge in [-0.3, -0.25) is 4.90 Å². The third-order valence-electron chi connectivity index (χ3n) is 5.51. The van der Waals surface area contributed by atoms with Crippen LogP contribution in [0.5, 0.6) is 0 Å². The van der Waals surface area contributed by atoms with Crippen molar-refractivity contribution >= 4 is 15.5 Å². The van der Waals surface area contributed by atoms with Crippen molar-refractivity contribution in [1.82, 2.24) is 4.90 Å². The molecule has 5 heteroatoms. The number of benzene rings is 1. The normalized spacial score (nSPS) is 21.7. The molecule has 0 atom stereocenters. The van der Waals surface area contributed by atoms with Gasteiger partial charge in [0.2, 0.25) is 0 Å². The summed E-state index contributed by atoms with van der Waals surface area (Å²) in [5, 5.41) is 0. The van der Waals surface area contributed by atoms with E-state index in [0.717, 1.165) is 30.6 Å². The van der Waals surface area contributed by atoms with E-state index in [1.807, 2.05) is 12.1 Å². The van der Waals surface area contributed by atoms with Gasteiger partial charge in [0.05, 0.1) is 4.90 Å². The van der Waals surface area contributed by atoms with E-state index in [2.05, 4.69) is 23.6 Å². The summed E-state index contributed by atoms with van der Waals surface area (Å²) in [5.41, 5.74) is 1.03. The average Bonchev–Trinajstić information content (AvgIpc) is 2.46. The highest BCUT2D eigenvalue weighted by Gasteiger charge is 2.34. The van der Waals surface area contributed by atoms with Crippen molar-refractivity contribution in [1.29, 1.82) is 0 Å². The summed E-state index contributed by atoms with van der Waals surface area (Å²) in [6.45, 7) is 9.12. The maximum absolute atomic E-state index is 11.7. The van der Waals surface area contributed by atoms with Gasteiger partial charge in [0.1, 0.15) is 0 Å². The van der Waals surface area contributed by atoms with Crippen LogP contribution in [0.3, 0.4) is 0 Å². The number of sulfone groups is 1. The Hall–Kier alpha value is -1.07. The summed E-state index contributed by atoms with van der Waals surface area (Å²) >= 11 is 0. The van der Waals surface area contributed by atoms with Crippen LogP contribution in [0.25, 0.3) is 0 Å². The molecule has 0 radical (unpaired) electrons. The maximum atomic E-state index is 11.7. The van der Waals surface area contributed by atoms with Crippen molar-refractivity contribution in [3.05, 3.63) is 24.3 Å². The largest absolute Gasteiger partial charge is 0.368 e. The Bertz CT molecular complexity index is 643. The number of rotatable bonds is 4. The molecule has 1 aromatic carbocycles. The number of anilines is 1. The lowest BCUT2D eigenvalue weighted by atomic mass is 9.86. The van der Waals surface area contributed by atoms with E-state index in [-0.39, 0.29) is 0 Å². The molecule has 4 nitrogen and oxygen atoms in total. The molecule has 3 rings (SSSR count). The van der Waals surface area contributed by atoms with Crippen molar-refractivity contribution in [3.8, 4) is 0 Å². The molecular weight excluding hydrogens is 308 g/mol. The molecule has 0 N–H and O–H groups in total. The average molecular weight is 337 g/mol. The van der Waals surface area contributed by atoms with Gasteiger partial charge in [-0.15, -0.1) is 0 Å². The van der Waals surface area contributed by atoms with Crippen LogP contribution in [0.4, 0.5) is 5.69 Å². The smallest absolute Gasteiger partial charge is 0.175 e. The number of nitrogens with zero attached hydrogens (tertiary/aromatic N) is 2. The number of hydrogen-bond donors (Lipinski definition) is 0. The maximum Gasteiger partial charge on any atom is 0.175 e. The molecule has 0 aromatic heterocycles. The summed E-state index contributed by atoms with van der Waals surface area (Å²) in [6, 6.07) is 7.96. The number of piperidine rings is 1. The second kappa shape index (κ2) is 6.44. The summed E-state index contributed by atoms with van der Waals surface area (Å²) in [4.78, 5) is 5.32. The molecule has 23 heavy (non-hydrogen) atoms. The van der Waals surface area contributed by atoms with Gasteiger partial charge in [0, 0.05) is 31.1 Å². The van der Waals surface area contributed by atoms with Gasteiger partial charge in [-0.2, -0.15) is 0 Å². The lowest BCUT2D eigenvalue weighted by molar-refractivity contribution is 0.0987. The van der Waals surface area contributed by atoms with Gasteiger partial charge >= 0.3 is 0 Å². The second-order valence-corrected chi connectivity index (χ2v) is 9.46. The first kappa shape index (κ1) is 16.8. The Morgan fingerprint density at radius 2 is 1.78 bits per heavy atom. The van der Waals surface area contributed by atoms with E-state index in [1.54, 1.807) is 12.1 Å². The molecular formula is C18H28N2O2S. The molecule has 0 bridgehead atoms. The summed E-state index contributed by atoms with van der Waals surface area (Å²) in [5.74, 6) is 1.68. The zero-order valence-electron chi connectivity index (χ0n) is 14.4. The molecule has 2 aliphatic rings. The van der Waals surface area contributed by atoms with Crippen LogP contribution in [0.2, 0.25) is 0 Å². The minimum Gasteiger partial charge on any atom is -0.368 e. The van der Waals surface area contributed by atoms with Crippen LogP contribution in [0.1, 0.15) is 26.7 Å². The fourth-order valence-corrected chi connectivity index (χ4v) is 4.42. The molecule has 2 fully saturated rings. The minimum absolute atomic E-state index is 0.413. The molecule has 2 heterocycles. The lowest BCUT2D eigenvalue weighted by Crippen LogP contribution is -2.61. The van der Waals surface area contributed by atoms with Crippen molar-refractivity contribution < 1.29 is 8.42 Å². The van der Waals surface area contributed by atoms with Crippen LogP contribution in [0, 0.1) is 11.8 Å². The van der Waals surface area contributed by atoms with Crippen LogP contribution in [0.15, 0.2) is 29.2 Å². The predicted molar refractivity (Wildman–Crippen MR) is 94.7 cm³/mol. The highest BCUT2D eigenvalue weighted by molar-refractivity contribution is 7.90. The van der Waals surface area contributed by atoms with Gasteiger partial charge in [-0.1, -0.05) is 19.9 Å². The summed E-state index contributed by atoms with van der Waals surface area (Å²) in [7, 11) is -3.13. The van der Waals surface area contributed by atoms with Gasteiger partial charge in [-0.05, 0) is 56.0 Å². The Balaban J connectivity index is 1.56. The molecule has 0 aliphatic carbocycles. The highest BCUT2D eigenvalue weighted by atomic mass is 32.2. The van der Waals surface area contributed by atoms with Crippen molar-refractivity contribution in [2.45, 2.75) is 37.6 Å². The fraction of sp³-hybridized carbons (Fsp3) is 0.667. The van der Waals surface area contributed by atoms with E-state index in [0.29, 0.717) is 10.9 Å². The Morgan fingerprint density at radius 1 is 1.13 bits per heavy atom. The van der Waals surface area contributed by atoms with Gasteiger partial charge in [0.15, 0.2) is 9.84 Å². The second-order valence-electron chi connectivity index (χ2n) is 7.45. The molecule has 0 unspecified atom stereocenters. The molecule has 0 spiro atoms. The van der Waals surface area contributed by atoms with Gasteiger partial charge in [-0.25, -0.2) is 8.42 Å². The lowest BCUT2D eigenvalue weighted by Gasteiger charge is -2.49. The van der Waals surface area contributed by atoms with Crippen LogP contribution in [-0.4, -0.2) is 51.8 Å². The quantitative estimate of drug-likeness (QED) is 0.847. The van der Waals surface area contributed by atoms with E-state index in [4.69, 9.17) is 0 Å². The zero-order chi connectivity index (χ0) is 16.6. The SMILES string of the molecule is CC(C)C1CCN(C2CN(c3cccc(S(C)(=O)=O)c3)C2)CC1. The van der Waals surface area contributed by atoms with Crippen LogP contribution >= 0.6 is 0 Å². The van der Waals surface area contributed by atoms with E-state index in [9.17, 15) is 8.42 Å². The topological polar surface area (TPSA) is 40.6 Å². The third-order valence-corrected chi connectivity index (χ3v) is 6.62. The molecule has 1 aromatic rings. The standard InChI is InChI=1S/C18H28N2O2S/c1-14(2)15-7-9-19(10-8-15)17-12-20(13-17)16-5-4-6-18(11-16)23(3,21)22/h4-6,11,14-15,17H,7-10,12-13H2,1-3H3. The molecule has 2 aliphatic heterocycles. The Labute approximate surface area is 140 Å². The van der Waals surface area contributed by atoms with E-state index >= 15 is 0 Å². The summed E-state index contributed by atoms with van der Waals surface area (Å²) in [6.07, 6.45) is 3.90. The van der Waals surface area contributed by atoms with Crippen molar-refractivity contribution in [3.63, 3.8) is 0 Å². The first-order chi connectivity index (χ1) is 10.8. The Morgan fingerprint density at radius 3 is 2.35 bits per heavy atom. The zero-order valence-corrected chi connectivity index (χ0v) is 15.2. The van der Waals surface area contributed by atoms with Crippen molar-refractivity contribution in [2.24, 2.45) is 11.8 Å². The monoisotopic (exact) mass is 336 g/mol. The van der Waals surface area contributed by atoms with Gasteiger partial charge < -0.3 is 4.90 Å². The molecule has 2 saturated heterocycles. The molecule has 0 amide bonds. The van der Waals surface area contributed by atoms with Crippen molar-refractivity contribution in [2.75, 3.05) is 37.3 Å². The van der Waals surface area contributed by atoms with Crippen LogP contribution < -0.4 is 4.90 Å². The number of hydrogen-bond acceptors (Lipinski definition) is 4. The van der Waals surface area contributed by atoms with E-state index < -0.39 is 9.84 Å². The predicted octanol–water partition coefficient (Wildman–Crippen LogP) is 2.65.